The van der Waals surface area contributed by atoms with E-state index in [0.29, 0.717) is 10.0 Å². The molecule has 0 radical (unpaired) electrons. The Bertz CT molecular complexity index is 725. The molecule has 0 bridgehead atoms. The first-order chi connectivity index (χ1) is 11.5. The van der Waals surface area contributed by atoms with Gasteiger partial charge in [-0.1, -0.05) is 40.9 Å². The molecule has 0 saturated carbocycles. The molecule has 0 spiro atoms. The molecule has 126 valence electrons. The number of amides is 1. The Kier molecular flexibility index (Phi) is 5.44. The van der Waals surface area contributed by atoms with E-state index in [-0.39, 0.29) is 11.9 Å². The van der Waals surface area contributed by atoms with Crippen LogP contribution < -0.4 is 10.2 Å². The highest BCUT2D eigenvalue weighted by Crippen LogP contribution is 2.26. The molecule has 2 aromatic rings. The molecule has 1 amide bonds. The maximum atomic E-state index is 13.0. The van der Waals surface area contributed by atoms with Gasteiger partial charge in [-0.05, 0) is 37.3 Å². The van der Waals surface area contributed by atoms with Gasteiger partial charge in [0, 0.05) is 29.1 Å². The number of aryl methyl sites for hydroxylation is 1. The largest absolute Gasteiger partial charge is 0.321 e. The average Bonchev–Trinajstić information content (AvgIpc) is 3.06. The number of hydrogen-bond donors (Lipinski definition) is 2. The lowest BCUT2D eigenvalue weighted by Crippen LogP contribution is -3.11. The summed E-state index contributed by atoms with van der Waals surface area (Å²) in [5.41, 5.74) is 2.80. The number of likely N-dealkylation sites (tertiary alicyclic amines) is 1. The standard InChI is InChI=1S/C19H20Cl2N2O/c1-13-4-7-15(8-5-13)22-19(24)18(23-10-2-3-11-23)16-9-6-14(20)12-17(16)21/h4-9,12,18H,2-3,10-11H2,1H3,(H,22,24)/p+1/t18-/m0/s1. The average molecular weight is 364 g/mol. The third-order valence-electron chi connectivity index (χ3n) is 4.51. The van der Waals surface area contributed by atoms with Crippen molar-refractivity contribution < 1.29 is 9.69 Å². The van der Waals surface area contributed by atoms with Crippen molar-refractivity contribution in [1.29, 1.82) is 0 Å². The van der Waals surface area contributed by atoms with Crippen molar-refractivity contribution in [2.24, 2.45) is 0 Å². The van der Waals surface area contributed by atoms with Crippen LogP contribution in [0.4, 0.5) is 5.69 Å². The number of carbonyl (C=O) groups is 1. The maximum Gasteiger partial charge on any atom is 0.287 e. The van der Waals surface area contributed by atoms with Crippen molar-refractivity contribution in [1.82, 2.24) is 0 Å². The lowest BCUT2D eigenvalue weighted by molar-refractivity contribution is -0.909. The molecule has 1 saturated heterocycles. The van der Waals surface area contributed by atoms with Crippen LogP contribution in [0.5, 0.6) is 0 Å². The van der Waals surface area contributed by atoms with Gasteiger partial charge in [0.1, 0.15) is 0 Å². The minimum atomic E-state index is -0.321. The van der Waals surface area contributed by atoms with E-state index >= 15 is 0 Å². The Morgan fingerprint density at radius 1 is 1.08 bits per heavy atom. The van der Waals surface area contributed by atoms with Crippen molar-refractivity contribution in [3.8, 4) is 0 Å². The summed E-state index contributed by atoms with van der Waals surface area (Å²) >= 11 is 12.4. The van der Waals surface area contributed by atoms with Crippen LogP contribution in [0.25, 0.3) is 0 Å². The minimum Gasteiger partial charge on any atom is -0.321 e. The van der Waals surface area contributed by atoms with Gasteiger partial charge in [0.2, 0.25) is 0 Å². The number of rotatable bonds is 4. The number of carbonyl (C=O) groups excluding carboxylic acids is 1. The lowest BCUT2D eigenvalue weighted by Gasteiger charge is -2.25. The SMILES string of the molecule is Cc1ccc(NC(=O)[C@H](c2ccc(Cl)cc2Cl)[NH+]2CCCC2)cc1. The second-order valence-corrected chi connectivity index (χ2v) is 7.16. The number of nitrogens with one attached hydrogen (secondary N) is 2. The van der Waals surface area contributed by atoms with E-state index in [0.717, 1.165) is 42.7 Å². The molecule has 0 aromatic heterocycles. The monoisotopic (exact) mass is 363 g/mol. The fourth-order valence-electron chi connectivity index (χ4n) is 3.25. The second kappa shape index (κ2) is 7.56. The Balaban J connectivity index is 1.89. The maximum absolute atomic E-state index is 13.0. The van der Waals surface area contributed by atoms with E-state index in [1.807, 2.05) is 37.3 Å². The molecular formula is C19H21Cl2N2O+. The highest BCUT2D eigenvalue weighted by molar-refractivity contribution is 6.35. The van der Waals surface area contributed by atoms with Gasteiger partial charge in [-0.25, -0.2) is 0 Å². The molecule has 0 aliphatic carbocycles. The summed E-state index contributed by atoms with van der Waals surface area (Å²) < 4.78 is 0. The van der Waals surface area contributed by atoms with Gasteiger partial charge in [0.25, 0.3) is 5.91 Å². The van der Waals surface area contributed by atoms with Crippen molar-refractivity contribution in [3.05, 3.63) is 63.6 Å². The topological polar surface area (TPSA) is 33.5 Å². The predicted octanol–water partition coefficient (Wildman–Crippen LogP) is 3.66. The van der Waals surface area contributed by atoms with Crippen LogP contribution in [0.1, 0.15) is 30.0 Å². The molecule has 5 heteroatoms. The zero-order valence-electron chi connectivity index (χ0n) is 13.6. The van der Waals surface area contributed by atoms with Crippen molar-refractivity contribution in [2.45, 2.75) is 25.8 Å². The first kappa shape index (κ1) is 17.3. The fraction of sp³-hybridized carbons (Fsp3) is 0.316. The van der Waals surface area contributed by atoms with E-state index in [1.54, 1.807) is 12.1 Å². The van der Waals surface area contributed by atoms with Gasteiger partial charge < -0.3 is 10.2 Å². The van der Waals surface area contributed by atoms with Crippen LogP contribution in [0.15, 0.2) is 42.5 Å². The van der Waals surface area contributed by atoms with Gasteiger partial charge in [0.05, 0.1) is 18.1 Å². The van der Waals surface area contributed by atoms with Crippen LogP contribution >= 0.6 is 23.2 Å². The molecule has 0 unspecified atom stereocenters. The second-order valence-electron chi connectivity index (χ2n) is 6.32. The normalized spacial score (nSPS) is 16.1. The van der Waals surface area contributed by atoms with Crippen LogP contribution in [0.2, 0.25) is 10.0 Å². The van der Waals surface area contributed by atoms with Crippen molar-refractivity contribution >= 4 is 34.8 Å². The molecule has 1 aliphatic heterocycles. The Hall–Kier alpha value is -1.55. The molecule has 3 nitrogen and oxygen atoms in total. The highest BCUT2D eigenvalue weighted by Gasteiger charge is 2.35. The molecule has 24 heavy (non-hydrogen) atoms. The molecular weight excluding hydrogens is 343 g/mol. The van der Waals surface area contributed by atoms with Gasteiger partial charge in [0.15, 0.2) is 6.04 Å². The molecule has 1 aliphatic rings. The van der Waals surface area contributed by atoms with E-state index in [9.17, 15) is 4.79 Å². The van der Waals surface area contributed by atoms with Crippen LogP contribution in [-0.2, 0) is 4.79 Å². The number of halogens is 2. The molecule has 3 rings (SSSR count). The van der Waals surface area contributed by atoms with Gasteiger partial charge >= 0.3 is 0 Å². The summed E-state index contributed by atoms with van der Waals surface area (Å²) in [6.45, 7) is 3.98. The highest BCUT2D eigenvalue weighted by atomic mass is 35.5. The Morgan fingerprint density at radius 3 is 2.38 bits per heavy atom. The zero-order chi connectivity index (χ0) is 17.1. The summed E-state index contributed by atoms with van der Waals surface area (Å²) in [7, 11) is 0. The van der Waals surface area contributed by atoms with Crippen LogP contribution in [0.3, 0.4) is 0 Å². The third-order valence-corrected chi connectivity index (χ3v) is 5.07. The first-order valence-electron chi connectivity index (χ1n) is 8.21. The molecule has 1 atom stereocenters. The number of benzene rings is 2. The first-order valence-corrected chi connectivity index (χ1v) is 8.97. The van der Waals surface area contributed by atoms with E-state index in [1.165, 1.54) is 4.90 Å². The van der Waals surface area contributed by atoms with Crippen LogP contribution in [-0.4, -0.2) is 19.0 Å². The lowest BCUT2D eigenvalue weighted by atomic mass is 10.0. The summed E-state index contributed by atoms with van der Waals surface area (Å²) in [5.74, 6) is -0.0278. The number of quaternary nitrogens is 1. The van der Waals surface area contributed by atoms with E-state index in [2.05, 4.69) is 5.32 Å². The molecule has 1 fully saturated rings. The van der Waals surface area contributed by atoms with Gasteiger partial charge in [-0.15, -0.1) is 0 Å². The Labute approximate surface area is 152 Å². The molecule has 2 aromatic carbocycles. The summed E-state index contributed by atoms with van der Waals surface area (Å²) in [6.07, 6.45) is 2.27. The van der Waals surface area contributed by atoms with Crippen molar-refractivity contribution in [3.63, 3.8) is 0 Å². The van der Waals surface area contributed by atoms with Crippen molar-refractivity contribution in [2.75, 3.05) is 18.4 Å². The number of hydrogen-bond acceptors (Lipinski definition) is 1. The third kappa shape index (κ3) is 3.92. The van der Waals surface area contributed by atoms with Gasteiger partial charge in [-0.2, -0.15) is 0 Å². The minimum absolute atomic E-state index is 0.0278. The van der Waals surface area contributed by atoms with E-state index in [4.69, 9.17) is 23.2 Å². The Morgan fingerprint density at radius 2 is 1.75 bits per heavy atom. The van der Waals surface area contributed by atoms with E-state index < -0.39 is 0 Å². The molecule has 2 N–H and O–H groups in total. The quantitative estimate of drug-likeness (QED) is 0.853. The fourth-order valence-corrected chi connectivity index (χ4v) is 3.77. The number of anilines is 1. The summed E-state index contributed by atoms with van der Waals surface area (Å²) in [4.78, 5) is 14.3. The summed E-state index contributed by atoms with van der Waals surface area (Å²) in [5, 5.41) is 4.16. The zero-order valence-corrected chi connectivity index (χ0v) is 15.1. The van der Waals surface area contributed by atoms with Crippen LogP contribution in [0, 0.1) is 6.92 Å². The summed E-state index contributed by atoms with van der Waals surface area (Å²) in [6, 6.07) is 12.9. The molecule has 1 heterocycles. The smallest absolute Gasteiger partial charge is 0.287 e. The van der Waals surface area contributed by atoms with Gasteiger partial charge in [-0.3, -0.25) is 4.79 Å². The predicted molar refractivity (Wildman–Crippen MR) is 98.9 cm³/mol.